The zero-order valence-corrected chi connectivity index (χ0v) is 17.5. The molecule has 0 nitrogen and oxygen atoms in total. The van der Waals surface area contributed by atoms with E-state index >= 15 is 0 Å². The lowest BCUT2D eigenvalue weighted by Crippen LogP contribution is -2.85. The van der Waals surface area contributed by atoms with Crippen LogP contribution in [-0.2, 0) is 0 Å². The second-order valence-electron chi connectivity index (χ2n) is 7.52. The van der Waals surface area contributed by atoms with Crippen LogP contribution in [0.25, 0.3) is 0 Å². The van der Waals surface area contributed by atoms with Crippen molar-refractivity contribution in [2.45, 2.75) is 6.82 Å². The van der Waals surface area contributed by atoms with Gasteiger partial charge < -0.3 is 0 Å². The fraction of sp³-hybridized carbons (Fsp3) is 0.0400. The van der Waals surface area contributed by atoms with Crippen molar-refractivity contribution in [3.8, 4) is 0 Å². The highest BCUT2D eigenvalue weighted by Gasteiger charge is 2.48. The Hall–Kier alpha value is -2.55. The first kappa shape index (κ1) is 17.5. The summed E-state index contributed by atoms with van der Waals surface area (Å²) in [6.07, 6.45) is 0. The second-order valence-corrected chi connectivity index (χ2v) is 11.7. The molecule has 0 unspecified atom stereocenters. The Morgan fingerprint density at radius 1 is 0.607 bits per heavy atom. The monoisotopic (exact) mass is 394 g/mol. The van der Waals surface area contributed by atoms with Gasteiger partial charge in [0.15, 0.2) is 8.07 Å². The van der Waals surface area contributed by atoms with Crippen molar-refractivity contribution in [1.29, 1.82) is 0 Å². The Bertz CT molecular complexity index is 1100. The van der Waals surface area contributed by atoms with Crippen molar-refractivity contribution in [3.05, 3.63) is 108 Å². The van der Waals surface area contributed by atoms with Crippen LogP contribution in [0.3, 0.4) is 0 Å². The minimum Gasteiger partial charge on any atom is -0.0843 e. The molecule has 0 radical (unpaired) electrons. The van der Waals surface area contributed by atoms with E-state index in [1.807, 2.05) is 6.07 Å². The normalized spacial score (nSPS) is 14.3. The molecule has 0 saturated carbocycles. The van der Waals surface area contributed by atoms with E-state index in [4.69, 9.17) is 11.6 Å². The lowest BCUT2D eigenvalue weighted by atomic mass is 9.42. The maximum atomic E-state index is 6.58. The van der Waals surface area contributed by atoms with Gasteiger partial charge in [0.2, 0.25) is 6.71 Å². The number of rotatable bonds is 2. The molecule has 4 aromatic rings. The van der Waals surface area contributed by atoms with Gasteiger partial charge in [0.1, 0.15) is 0 Å². The van der Waals surface area contributed by atoms with E-state index in [0.29, 0.717) is 6.71 Å². The highest BCUT2D eigenvalue weighted by Crippen LogP contribution is 2.15. The summed E-state index contributed by atoms with van der Waals surface area (Å²) in [6.45, 7) is 2.68. The van der Waals surface area contributed by atoms with Crippen LogP contribution < -0.4 is 31.7 Å². The summed E-state index contributed by atoms with van der Waals surface area (Å²) in [4.78, 5) is 0. The van der Waals surface area contributed by atoms with E-state index in [1.54, 1.807) is 0 Å². The quantitative estimate of drug-likeness (QED) is 0.458. The Labute approximate surface area is 172 Å². The highest BCUT2D eigenvalue weighted by atomic mass is 35.5. The Kier molecular flexibility index (Phi) is 4.26. The fourth-order valence-corrected chi connectivity index (χ4v) is 10.6. The molecule has 1 heterocycles. The van der Waals surface area contributed by atoms with Gasteiger partial charge in [-0.05, 0) is 27.7 Å². The van der Waals surface area contributed by atoms with Gasteiger partial charge in [0.25, 0.3) is 0 Å². The first-order chi connectivity index (χ1) is 13.7. The van der Waals surface area contributed by atoms with Gasteiger partial charge in [-0.15, -0.1) is 0 Å². The summed E-state index contributed by atoms with van der Waals surface area (Å²) in [5, 5.41) is 6.53. The minimum absolute atomic E-state index is 0.358. The van der Waals surface area contributed by atoms with E-state index in [1.165, 1.54) is 31.7 Å². The molecule has 28 heavy (non-hydrogen) atoms. The SMILES string of the molecule is CB1c2ccccc2[Si](c2ccccc2)(c2ccccc2)c2cc(Cl)ccc21. The summed E-state index contributed by atoms with van der Waals surface area (Å²) in [5.41, 5.74) is 2.85. The van der Waals surface area contributed by atoms with E-state index in [-0.39, 0.29) is 0 Å². The Morgan fingerprint density at radius 3 is 1.79 bits per heavy atom. The molecule has 0 atom stereocenters. The van der Waals surface area contributed by atoms with E-state index in [0.717, 1.165) is 5.02 Å². The lowest BCUT2D eigenvalue weighted by Gasteiger charge is -2.42. The maximum absolute atomic E-state index is 6.58. The number of fused-ring (bicyclic) bond motifs is 2. The average molecular weight is 395 g/mol. The minimum atomic E-state index is -2.43. The molecule has 4 aromatic carbocycles. The van der Waals surface area contributed by atoms with Crippen molar-refractivity contribution in [2.24, 2.45) is 0 Å². The first-order valence-corrected chi connectivity index (χ1v) is 12.1. The molecule has 134 valence electrons. The number of halogens is 1. The summed E-state index contributed by atoms with van der Waals surface area (Å²) in [6, 6.07) is 37.6. The molecule has 0 N–H and O–H groups in total. The molecule has 1 aliphatic rings. The van der Waals surface area contributed by atoms with Crippen LogP contribution in [0.1, 0.15) is 0 Å². The molecule has 0 aromatic heterocycles. The fourth-order valence-electron chi connectivity index (χ4n) is 4.92. The molecule has 0 bridgehead atoms. The van der Waals surface area contributed by atoms with Crippen molar-refractivity contribution in [2.75, 3.05) is 0 Å². The molecule has 0 saturated heterocycles. The van der Waals surface area contributed by atoms with E-state index in [2.05, 4.69) is 104 Å². The predicted octanol–water partition coefficient (Wildman–Crippen LogP) is 2.27. The third-order valence-corrected chi connectivity index (χ3v) is 11.3. The second kappa shape index (κ2) is 6.81. The topological polar surface area (TPSA) is 0 Å². The number of hydrogen-bond donors (Lipinski definition) is 0. The van der Waals surface area contributed by atoms with Crippen LogP contribution in [0.15, 0.2) is 103 Å². The smallest absolute Gasteiger partial charge is 0.0843 e. The van der Waals surface area contributed by atoms with Crippen molar-refractivity contribution < 1.29 is 0 Å². The van der Waals surface area contributed by atoms with Crippen molar-refractivity contribution >= 4 is 58.1 Å². The van der Waals surface area contributed by atoms with Crippen LogP contribution >= 0.6 is 11.6 Å². The van der Waals surface area contributed by atoms with Crippen LogP contribution in [0.4, 0.5) is 0 Å². The summed E-state index contributed by atoms with van der Waals surface area (Å²) in [5.74, 6) is 0. The average Bonchev–Trinajstić information content (AvgIpc) is 2.76. The molecule has 5 rings (SSSR count). The standard InChI is InChI=1S/C25H20BClSi/c1-26-22-14-8-9-15-24(22)28(20-10-4-2-5-11-20,21-12-6-3-7-13-21)25-18-19(27)16-17-23(25)26/h2-18H,1H3. The summed E-state index contributed by atoms with van der Waals surface area (Å²) in [7, 11) is -2.43. The first-order valence-electron chi connectivity index (χ1n) is 9.73. The van der Waals surface area contributed by atoms with Crippen LogP contribution in [0.5, 0.6) is 0 Å². The Morgan fingerprint density at radius 2 is 1.14 bits per heavy atom. The van der Waals surface area contributed by atoms with Gasteiger partial charge >= 0.3 is 0 Å². The van der Waals surface area contributed by atoms with Crippen LogP contribution in [-0.4, -0.2) is 14.8 Å². The van der Waals surface area contributed by atoms with Gasteiger partial charge in [-0.3, -0.25) is 0 Å². The predicted molar refractivity (Wildman–Crippen MR) is 126 cm³/mol. The van der Waals surface area contributed by atoms with Gasteiger partial charge in [-0.2, -0.15) is 0 Å². The molecular formula is C25H20BClSi. The third kappa shape index (κ3) is 2.45. The van der Waals surface area contributed by atoms with Gasteiger partial charge in [0.05, 0.1) is 0 Å². The highest BCUT2D eigenvalue weighted by molar-refractivity contribution is 7.25. The summed E-state index contributed by atoms with van der Waals surface area (Å²) < 4.78 is 0. The molecule has 0 amide bonds. The lowest BCUT2D eigenvalue weighted by molar-refractivity contribution is 1.66. The molecule has 1 aliphatic heterocycles. The molecule has 0 spiro atoms. The zero-order valence-electron chi connectivity index (χ0n) is 15.8. The number of benzene rings is 4. The third-order valence-electron chi connectivity index (χ3n) is 6.13. The van der Waals surface area contributed by atoms with E-state index in [9.17, 15) is 0 Å². The number of hydrogen-bond acceptors (Lipinski definition) is 0. The van der Waals surface area contributed by atoms with Crippen LogP contribution in [0.2, 0.25) is 11.8 Å². The van der Waals surface area contributed by atoms with Gasteiger partial charge in [-0.1, -0.05) is 126 Å². The van der Waals surface area contributed by atoms with Gasteiger partial charge in [-0.25, -0.2) is 0 Å². The maximum Gasteiger partial charge on any atom is 0.206 e. The van der Waals surface area contributed by atoms with Gasteiger partial charge in [0, 0.05) is 5.02 Å². The van der Waals surface area contributed by atoms with Crippen LogP contribution in [0, 0.1) is 0 Å². The molecular weight excluding hydrogens is 375 g/mol. The Balaban J connectivity index is 2.00. The molecule has 3 heteroatoms. The zero-order chi connectivity index (χ0) is 19.1. The molecule has 0 aliphatic carbocycles. The van der Waals surface area contributed by atoms with Crippen molar-refractivity contribution in [1.82, 2.24) is 0 Å². The summed E-state index contributed by atoms with van der Waals surface area (Å²) >= 11 is 6.58. The largest absolute Gasteiger partial charge is 0.206 e. The van der Waals surface area contributed by atoms with E-state index < -0.39 is 8.07 Å². The molecule has 0 fully saturated rings. The van der Waals surface area contributed by atoms with Crippen molar-refractivity contribution in [3.63, 3.8) is 0 Å².